The third-order valence-electron chi connectivity index (χ3n) is 4.01. The topological polar surface area (TPSA) is 37.6 Å². The Morgan fingerprint density at radius 2 is 1.92 bits per heavy atom. The lowest BCUT2D eigenvalue weighted by molar-refractivity contribution is -0.128. The van der Waals surface area contributed by atoms with Gasteiger partial charge in [0.05, 0.1) is 5.69 Å². The Balaban J connectivity index is 1.83. The van der Waals surface area contributed by atoms with Crippen LogP contribution in [0, 0.1) is 0 Å². The van der Waals surface area contributed by atoms with Crippen molar-refractivity contribution in [2.45, 2.75) is 26.4 Å². The molecular formula is C20H20ClN3O. The molecule has 0 saturated heterocycles. The lowest BCUT2D eigenvalue weighted by atomic mass is 10.2. The molecule has 1 aromatic carbocycles. The number of hydrogen-bond acceptors (Lipinski definition) is 2. The molecule has 0 saturated carbocycles. The SMILES string of the molecule is CC(C)N(Cc1ccccc1)C(=O)C=Cc1c(Cl)nc2ccccn12. The normalized spacial score (nSPS) is 11.5. The molecule has 0 aliphatic rings. The lowest BCUT2D eigenvalue weighted by Crippen LogP contribution is -2.35. The second-order valence-electron chi connectivity index (χ2n) is 6.10. The highest BCUT2D eigenvalue weighted by Gasteiger charge is 2.15. The monoisotopic (exact) mass is 353 g/mol. The van der Waals surface area contributed by atoms with Crippen LogP contribution in [0.25, 0.3) is 11.7 Å². The van der Waals surface area contributed by atoms with Crippen molar-refractivity contribution in [3.63, 3.8) is 0 Å². The van der Waals surface area contributed by atoms with Crippen molar-refractivity contribution in [2.24, 2.45) is 0 Å². The van der Waals surface area contributed by atoms with E-state index < -0.39 is 0 Å². The number of fused-ring (bicyclic) bond motifs is 1. The molecule has 0 aliphatic heterocycles. The molecule has 0 atom stereocenters. The number of rotatable bonds is 5. The number of benzene rings is 1. The van der Waals surface area contributed by atoms with Gasteiger partial charge in [0.15, 0.2) is 5.15 Å². The lowest BCUT2D eigenvalue weighted by Gasteiger charge is -2.25. The highest BCUT2D eigenvalue weighted by molar-refractivity contribution is 6.31. The van der Waals surface area contributed by atoms with E-state index in [1.807, 2.05) is 77.9 Å². The largest absolute Gasteiger partial charge is 0.332 e. The van der Waals surface area contributed by atoms with Gasteiger partial charge in [0, 0.05) is 24.9 Å². The zero-order chi connectivity index (χ0) is 17.8. The Hall–Kier alpha value is -2.59. The van der Waals surface area contributed by atoms with Crippen molar-refractivity contribution in [1.29, 1.82) is 0 Å². The standard InChI is InChI=1S/C20H20ClN3O/c1-15(2)24(14-16-8-4-3-5-9-16)19(25)12-11-17-20(21)22-18-10-6-7-13-23(17)18/h3-13,15H,14H2,1-2H3. The Labute approximate surface area is 152 Å². The van der Waals surface area contributed by atoms with Crippen LogP contribution in [-0.2, 0) is 11.3 Å². The highest BCUT2D eigenvalue weighted by Crippen LogP contribution is 2.19. The van der Waals surface area contributed by atoms with E-state index in [0.29, 0.717) is 17.4 Å². The molecule has 3 aromatic rings. The number of hydrogen-bond donors (Lipinski definition) is 0. The summed E-state index contributed by atoms with van der Waals surface area (Å²) in [6, 6.07) is 15.7. The summed E-state index contributed by atoms with van der Waals surface area (Å²) in [5.74, 6) is -0.0548. The van der Waals surface area contributed by atoms with Crippen LogP contribution in [0.4, 0.5) is 0 Å². The van der Waals surface area contributed by atoms with Crippen LogP contribution in [0.5, 0.6) is 0 Å². The fraction of sp³-hybridized carbons (Fsp3) is 0.200. The molecule has 0 bridgehead atoms. The summed E-state index contributed by atoms with van der Waals surface area (Å²) in [4.78, 5) is 18.8. The van der Waals surface area contributed by atoms with Crippen LogP contribution in [0.3, 0.4) is 0 Å². The molecular weight excluding hydrogens is 334 g/mol. The first kappa shape index (κ1) is 17.2. The van der Waals surface area contributed by atoms with Crippen LogP contribution < -0.4 is 0 Å². The van der Waals surface area contributed by atoms with E-state index in [-0.39, 0.29) is 11.9 Å². The van der Waals surface area contributed by atoms with Gasteiger partial charge in [-0.25, -0.2) is 4.98 Å². The first-order valence-corrected chi connectivity index (χ1v) is 8.59. The Morgan fingerprint density at radius 1 is 1.20 bits per heavy atom. The van der Waals surface area contributed by atoms with E-state index in [4.69, 9.17) is 11.6 Å². The van der Waals surface area contributed by atoms with Gasteiger partial charge < -0.3 is 4.90 Å². The number of aromatic nitrogens is 2. The van der Waals surface area contributed by atoms with Crippen LogP contribution in [0.15, 0.2) is 60.8 Å². The average molecular weight is 354 g/mol. The Morgan fingerprint density at radius 3 is 2.64 bits per heavy atom. The summed E-state index contributed by atoms with van der Waals surface area (Å²) >= 11 is 6.21. The second-order valence-corrected chi connectivity index (χ2v) is 6.45. The molecule has 4 nitrogen and oxygen atoms in total. The van der Waals surface area contributed by atoms with E-state index in [1.165, 1.54) is 0 Å². The van der Waals surface area contributed by atoms with Gasteiger partial charge in [-0.05, 0) is 37.6 Å². The zero-order valence-corrected chi connectivity index (χ0v) is 15.0. The van der Waals surface area contributed by atoms with Gasteiger partial charge in [0.1, 0.15) is 5.65 Å². The van der Waals surface area contributed by atoms with Crippen LogP contribution in [-0.4, -0.2) is 26.2 Å². The smallest absolute Gasteiger partial charge is 0.247 e. The van der Waals surface area contributed by atoms with Gasteiger partial charge >= 0.3 is 0 Å². The molecule has 1 amide bonds. The molecule has 25 heavy (non-hydrogen) atoms. The van der Waals surface area contributed by atoms with Gasteiger partial charge in [0.25, 0.3) is 0 Å². The van der Waals surface area contributed by atoms with Crippen molar-refractivity contribution in [3.05, 3.63) is 77.2 Å². The molecule has 0 N–H and O–H groups in total. The predicted octanol–water partition coefficient (Wildman–Crippen LogP) is 4.44. The fourth-order valence-electron chi connectivity index (χ4n) is 2.68. The van der Waals surface area contributed by atoms with E-state index >= 15 is 0 Å². The highest BCUT2D eigenvalue weighted by atomic mass is 35.5. The number of nitrogens with zero attached hydrogens (tertiary/aromatic N) is 3. The maximum absolute atomic E-state index is 12.7. The minimum atomic E-state index is -0.0548. The first-order chi connectivity index (χ1) is 12.1. The average Bonchev–Trinajstić information content (AvgIpc) is 2.93. The van der Waals surface area contributed by atoms with Crippen molar-refractivity contribution >= 4 is 29.2 Å². The fourth-order valence-corrected chi connectivity index (χ4v) is 2.92. The molecule has 2 aromatic heterocycles. The number of carbonyl (C=O) groups excluding carboxylic acids is 1. The second kappa shape index (κ2) is 7.53. The molecule has 5 heteroatoms. The summed E-state index contributed by atoms with van der Waals surface area (Å²) in [5.41, 5.74) is 2.56. The van der Waals surface area contributed by atoms with Crippen molar-refractivity contribution in [1.82, 2.24) is 14.3 Å². The van der Waals surface area contributed by atoms with Gasteiger partial charge in [-0.15, -0.1) is 0 Å². The van der Waals surface area contributed by atoms with E-state index in [9.17, 15) is 4.79 Å². The van der Waals surface area contributed by atoms with Crippen LogP contribution in [0.2, 0.25) is 5.15 Å². The molecule has 0 unspecified atom stereocenters. The van der Waals surface area contributed by atoms with Gasteiger partial charge in [-0.3, -0.25) is 9.20 Å². The quantitative estimate of drug-likeness (QED) is 0.636. The summed E-state index contributed by atoms with van der Waals surface area (Å²) in [6.45, 7) is 4.59. The number of amides is 1. The van der Waals surface area contributed by atoms with Crippen molar-refractivity contribution < 1.29 is 4.79 Å². The van der Waals surface area contributed by atoms with Crippen molar-refractivity contribution in [2.75, 3.05) is 0 Å². The van der Waals surface area contributed by atoms with Crippen LogP contribution in [0.1, 0.15) is 25.1 Å². The number of carbonyl (C=O) groups is 1. The minimum absolute atomic E-state index is 0.0548. The van der Waals surface area contributed by atoms with E-state index in [0.717, 1.165) is 11.2 Å². The number of halogens is 1. The van der Waals surface area contributed by atoms with Crippen molar-refractivity contribution in [3.8, 4) is 0 Å². The molecule has 2 heterocycles. The Bertz CT molecular complexity index is 900. The summed E-state index contributed by atoms with van der Waals surface area (Å²) in [7, 11) is 0. The number of pyridine rings is 1. The summed E-state index contributed by atoms with van der Waals surface area (Å²) < 4.78 is 1.86. The first-order valence-electron chi connectivity index (χ1n) is 8.21. The molecule has 128 valence electrons. The minimum Gasteiger partial charge on any atom is -0.332 e. The van der Waals surface area contributed by atoms with Gasteiger partial charge in [-0.2, -0.15) is 0 Å². The van der Waals surface area contributed by atoms with E-state index in [2.05, 4.69) is 4.98 Å². The van der Waals surface area contributed by atoms with Crippen LogP contribution >= 0.6 is 11.6 Å². The Kier molecular flexibility index (Phi) is 5.19. The molecule has 3 rings (SSSR count). The maximum Gasteiger partial charge on any atom is 0.247 e. The predicted molar refractivity (Wildman–Crippen MR) is 101 cm³/mol. The summed E-state index contributed by atoms with van der Waals surface area (Å²) in [6.07, 6.45) is 5.17. The van der Waals surface area contributed by atoms with E-state index in [1.54, 1.807) is 12.2 Å². The maximum atomic E-state index is 12.7. The molecule has 0 fully saturated rings. The third-order valence-corrected chi connectivity index (χ3v) is 4.29. The molecule has 0 spiro atoms. The zero-order valence-electron chi connectivity index (χ0n) is 14.3. The van der Waals surface area contributed by atoms with Gasteiger partial charge in [0.2, 0.25) is 5.91 Å². The molecule has 0 aliphatic carbocycles. The molecule has 0 radical (unpaired) electrons. The van der Waals surface area contributed by atoms with Gasteiger partial charge in [-0.1, -0.05) is 48.0 Å². The third kappa shape index (κ3) is 3.91. The number of imidazole rings is 1. The summed E-state index contributed by atoms with van der Waals surface area (Å²) in [5, 5.41) is 0.384.